The van der Waals surface area contributed by atoms with Crippen LogP contribution in [0.2, 0.25) is 0 Å². The summed E-state index contributed by atoms with van der Waals surface area (Å²) in [7, 11) is 0. The number of carbonyl (C=O) groups is 1. The van der Waals surface area contributed by atoms with Crippen LogP contribution < -0.4 is 0 Å². The van der Waals surface area contributed by atoms with Gasteiger partial charge in [-0.1, -0.05) is 6.07 Å². The van der Waals surface area contributed by atoms with Gasteiger partial charge in [-0.25, -0.2) is 4.39 Å². The first kappa shape index (κ1) is 13.5. The zero-order valence-electron chi connectivity index (χ0n) is 10.7. The topological polar surface area (TPSA) is 56.6 Å². The average molecular weight is 343 g/mol. The molecule has 21 heavy (non-hydrogen) atoms. The highest BCUT2D eigenvalue weighted by Gasteiger charge is 2.18. The van der Waals surface area contributed by atoms with Gasteiger partial charge in [0.1, 0.15) is 5.82 Å². The molecule has 3 aromatic rings. The van der Waals surface area contributed by atoms with E-state index in [-0.39, 0.29) is 5.78 Å². The number of halogens is 2. The molecule has 2 aromatic carbocycles. The molecule has 0 radical (unpaired) electrons. The number of nitrogens with one attached hydrogen (secondary N) is 1. The van der Waals surface area contributed by atoms with Crippen molar-refractivity contribution >= 4 is 32.6 Å². The Kier molecular flexibility index (Phi) is 3.32. The van der Waals surface area contributed by atoms with E-state index in [1.165, 1.54) is 18.2 Å². The smallest absolute Gasteiger partial charge is 0.196 e. The van der Waals surface area contributed by atoms with Crippen molar-refractivity contribution in [2.75, 3.05) is 0 Å². The van der Waals surface area contributed by atoms with Gasteiger partial charge < -0.3 is 4.98 Å². The maximum Gasteiger partial charge on any atom is 0.196 e. The number of ketones is 1. The molecule has 0 aliphatic carbocycles. The van der Waals surface area contributed by atoms with Crippen LogP contribution in [0.4, 0.5) is 4.39 Å². The molecule has 1 heterocycles. The highest BCUT2D eigenvalue weighted by atomic mass is 79.9. The lowest BCUT2D eigenvalue weighted by Crippen LogP contribution is -2.02. The number of hydrogen-bond acceptors (Lipinski definition) is 2. The molecule has 0 unspecified atom stereocenters. The molecule has 0 fully saturated rings. The number of benzene rings is 2. The summed E-state index contributed by atoms with van der Waals surface area (Å²) in [5, 5.41) is 9.77. The summed E-state index contributed by atoms with van der Waals surface area (Å²) in [6.45, 7) is 0. The van der Waals surface area contributed by atoms with E-state index in [0.29, 0.717) is 26.5 Å². The second-order valence-corrected chi connectivity index (χ2v) is 5.35. The van der Waals surface area contributed by atoms with Crippen LogP contribution in [-0.2, 0) is 0 Å². The molecule has 0 aliphatic rings. The number of fused-ring (bicyclic) bond motifs is 1. The molecule has 1 N–H and O–H groups in total. The number of rotatable bonds is 2. The number of hydrogen-bond donors (Lipinski definition) is 1. The fraction of sp³-hybridized carbons (Fsp3) is 0. The molecule has 0 aliphatic heterocycles. The molecule has 102 valence electrons. The van der Waals surface area contributed by atoms with Crippen LogP contribution in [0, 0.1) is 17.1 Å². The highest BCUT2D eigenvalue weighted by molar-refractivity contribution is 9.10. The van der Waals surface area contributed by atoms with Crippen LogP contribution in [0.3, 0.4) is 0 Å². The van der Waals surface area contributed by atoms with Gasteiger partial charge in [0.25, 0.3) is 0 Å². The third-order valence-corrected chi connectivity index (χ3v) is 3.90. The number of aromatic amines is 1. The van der Waals surface area contributed by atoms with E-state index < -0.39 is 5.82 Å². The van der Waals surface area contributed by atoms with Gasteiger partial charge >= 0.3 is 0 Å². The summed E-state index contributed by atoms with van der Waals surface area (Å²) >= 11 is 3.20. The second-order valence-electron chi connectivity index (χ2n) is 4.50. The predicted octanol–water partition coefficient (Wildman–Crippen LogP) is 4.17. The molecule has 5 heteroatoms. The zero-order valence-corrected chi connectivity index (χ0v) is 12.2. The summed E-state index contributed by atoms with van der Waals surface area (Å²) in [4.78, 5) is 15.6. The van der Waals surface area contributed by atoms with Crippen LogP contribution in [0.15, 0.2) is 47.1 Å². The molecule has 1 aromatic heterocycles. The van der Waals surface area contributed by atoms with E-state index in [9.17, 15) is 14.4 Å². The SMILES string of the molecule is N#Cc1cccc2[nH]cc(C(=O)c3ccc(F)cc3Br)c12. The van der Waals surface area contributed by atoms with Gasteiger partial charge in [-0.05, 0) is 46.3 Å². The Labute approximate surface area is 128 Å². The van der Waals surface area contributed by atoms with Crippen molar-refractivity contribution < 1.29 is 9.18 Å². The molecule has 0 saturated heterocycles. The summed E-state index contributed by atoms with van der Waals surface area (Å²) in [5.41, 5.74) is 1.89. The minimum absolute atomic E-state index is 0.268. The van der Waals surface area contributed by atoms with Crippen LogP contribution in [-0.4, -0.2) is 10.8 Å². The van der Waals surface area contributed by atoms with E-state index in [2.05, 4.69) is 27.0 Å². The Balaban J connectivity index is 2.21. The van der Waals surface area contributed by atoms with E-state index in [1.807, 2.05) is 0 Å². The van der Waals surface area contributed by atoms with Gasteiger partial charge in [0.15, 0.2) is 5.78 Å². The van der Waals surface area contributed by atoms with Crippen molar-refractivity contribution in [2.45, 2.75) is 0 Å². The Morgan fingerprint density at radius 3 is 2.76 bits per heavy atom. The third kappa shape index (κ3) is 2.24. The lowest BCUT2D eigenvalue weighted by molar-refractivity contribution is 0.103. The van der Waals surface area contributed by atoms with Crippen LogP contribution >= 0.6 is 15.9 Å². The first-order chi connectivity index (χ1) is 10.1. The van der Waals surface area contributed by atoms with Crippen molar-refractivity contribution in [3.63, 3.8) is 0 Å². The Morgan fingerprint density at radius 1 is 1.24 bits per heavy atom. The average Bonchev–Trinajstić information content (AvgIpc) is 2.90. The summed E-state index contributed by atoms with van der Waals surface area (Å²) < 4.78 is 13.5. The van der Waals surface area contributed by atoms with Gasteiger partial charge in [0, 0.05) is 32.7 Å². The molecule has 0 saturated carbocycles. The maximum atomic E-state index is 13.1. The number of nitriles is 1. The predicted molar refractivity (Wildman–Crippen MR) is 80.5 cm³/mol. The van der Waals surface area contributed by atoms with Gasteiger partial charge in [0.2, 0.25) is 0 Å². The fourth-order valence-corrected chi connectivity index (χ4v) is 2.81. The van der Waals surface area contributed by atoms with Gasteiger partial charge in [-0.15, -0.1) is 0 Å². The highest BCUT2D eigenvalue weighted by Crippen LogP contribution is 2.27. The summed E-state index contributed by atoms with van der Waals surface area (Å²) in [6, 6.07) is 11.2. The minimum Gasteiger partial charge on any atom is -0.360 e. The zero-order chi connectivity index (χ0) is 15.0. The van der Waals surface area contributed by atoms with Crippen LogP contribution in [0.5, 0.6) is 0 Å². The Morgan fingerprint density at radius 2 is 2.05 bits per heavy atom. The Hall–Kier alpha value is -2.45. The standard InChI is InChI=1S/C16H8BrFN2O/c17-13-6-10(18)4-5-11(13)16(21)12-8-20-14-3-1-2-9(7-19)15(12)14/h1-6,8,20H. The van der Waals surface area contributed by atoms with E-state index in [4.69, 9.17) is 0 Å². The molecule has 3 nitrogen and oxygen atoms in total. The van der Waals surface area contributed by atoms with Crippen molar-refractivity contribution in [3.8, 4) is 6.07 Å². The summed E-state index contributed by atoms with van der Waals surface area (Å²) in [6.07, 6.45) is 1.57. The molecule has 3 rings (SSSR count). The first-order valence-corrected chi connectivity index (χ1v) is 6.91. The number of carbonyl (C=O) groups excluding carboxylic acids is 1. The number of H-pyrrole nitrogens is 1. The van der Waals surface area contributed by atoms with E-state index in [0.717, 1.165) is 5.52 Å². The molecule has 0 amide bonds. The number of aromatic nitrogens is 1. The van der Waals surface area contributed by atoms with Gasteiger partial charge in [0.05, 0.1) is 11.6 Å². The third-order valence-electron chi connectivity index (χ3n) is 3.25. The fourth-order valence-electron chi connectivity index (χ4n) is 2.28. The monoisotopic (exact) mass is 342 g/mol. The van der Waals surface area contributed by atoms with Crippen molar-refractivity contribution in [1.82, 2.24) is 4.98 Å². The summed E-state index contributed by atoms with van der Waals surface area (Å²) in [5.74, 6) is -0.689. The van der Waals surface area contributed by atoms with Gasteiger partial charge in [-0.2, -0.15) is 5.26 Å². The lowest BCUT2D eigenvalue weighted by atomic mass is 10.00. The normalized spacial score (nSPS) is 10.5. The van der Waals surface area contributed by atoms with Crippen LogP contribution in [0.25, 0.3) is 10.9 Å². The molecule has 0 spiro atoms. The largest absolute Gasteiger partial charge is 0.360 e. The number of nitrogens with zero attached hydrogens (tertiary/aromatic N) is 1. The van der Waals surface area contributed by atoms with E-state index >= 15 is 0 Å². The molecule has 0 atom stereocenters. The molecule has 0 bridgehead atoms. The second kappa shape index (κ2) is 5.15. The first-order valence-electron chi connectivity index (χ1n) is 6.12. The van der Waals surface area contributed by atoms with E-state index in [1.54, 1.807) is 24.4 Å². The minimum atomic E-state index is -0.421. The van der Waals surface area contributed by atoms with Crippen molar-refractivity contribution in [1.29, 1.82) is 5.26 Å². The van der Waals surface area contributed by atoms with Crippen molar-refractivity contribution in [2.24, 2.45) is 0 Å². The Bertz CT molecular complexity index is 908. The quantitative estimate of drug-likeness (QED) is 0.710. The molecular weight excluding hydrogens is 335 g/mol. The molecular formula is C16H8BrFN2O. The lowest BCUT2D eigenvalue weighted by Gasteiger charge is -2.04. The van der Waals surface area contributed by atoms with Gasteiger partial charge in [-0.3, -0.25) is 4.79 Å². The van der Waals surface area contributed by atoms with Crippen molar-refractivity contribution in [3.05, 3.63) is 69.6 Å². The maximum absolute atomic E-state index is 13.1. The van der Waals surface area contributed by atoms with Crippen LogP contribution in [0.1, 0.15) is 21.5 Å².